The summed E-state index contributed by atoms with van der Waals surface area (Å²) in [6.45, 7) is 2.18. The van der Waals surface area contributed by atoms with E-state index in [0.717, 1.165) is 46.9 Å². The Morgan fingerprint density at radius 3 is 2.62 bits per heavy atom. The molecule has 5 rings (SSSR count). The third kappa shape index (κ3) is 4.70. The SMILES string of the molecule is CCCCCSC1=NN2C(=c3ccccc3=N[C@@H]2c2cccc(Oc3ccccc3)c2)C(=O)N1. The summed E-state index contributed by atoms with van der Waals surface area (Å²) in [7, 11) is 0. The van der Waals surface area contributed by atoms with Gasteiger partial charge in [0.15, 0.2) is 11.3 Å². The average molecular weight is 471 g/mol. The predicted molar refractivity (Wildman–Crippen MR) is 136 cm³/mol. The number of unbranched alkanes of at least 4 members (excludes halogenated alkanes) is 2. The second-order valence-corrected chi connectivity index (χ2v) is 9.20. The fraction of sp³-hybridized carbons (Fsp3) is 0.222. The number of hydrogen-bond acceptors (Lipinski definition) is 6. The molecule has 0 bridgehead atoms. The van der Waals surface area contributed by atoms with Crippen molar-refractivity contribution < 1.29 is 9.53 Å². The van der Waals surface area contributed by atoms with E-state index < -0.39 is 6.17 Å². The molecule has 7 heteroatoms. The highest BCUT2D eigenvalue weighted by atomic mass is 32.2. The Balaban J connectivity index is 1.52. The van der Waals surface area contributed by atoms with Crippen molar-refractivity contribution in [2.24, 2.45) is 10.1 Å². The fourth-order valence-corrected chi connectivity index (χ4v) is 4.85. The number of nitrogens with zero attached hydrogens (tertiary/aromatic N) is 3. The lowest BCUT2D eigenvalue weighted by molar-refractivity contribution is -0.116. The van der Waals surface area contributed by atoms with Crippen molar-refractivity contribution in [3.8, 4) is 11.5 Å². The average Bonchev–Trinajstić information content (AvgIpc) is 2.87. The molecular weight excluding hydrogens is 444 g/mol. The van der Waals surface area contributed by atoms with Crippen molar-refractivity contribution in [1.82, 2.24) is 10.3 Å². The number of hydrogen-bond donors (Lipinski definition) is 1. The van der Waals surface area contributed by atoms with Crippen LogP contribution >= 0.6 is 11.8 Å². The van der Waals surface area contributed by atoms with Crippen LogP contribution in [-0.2, 0) is 4.79 Å². The smallest absolute Gasteiger partial charge is 0.276 e. The van der Waals surface area contributed by atoms with Crippen molar-refractivity contribution in [3.63, 3.8) is 0 Å². The molecule has 0 radical (unpaired) electrons. The van der Waals surface area contributed by atoms with E-state index in [4.69, 9.17) is 14.8 Å². The second kappa shape index (κ2) is 10.1. The zero-order valence-electron chi connectivity index (χ0n) is 19.0. The number of ether oxygens (including phenoxy) is 1. The molecule has 3 aromatic carbocycles. The zero-order chi connectivity index (χ0) is 23.3. The van der Waals surface area contributed by atoms with Gasteiger partial charge in [-0.3, -0.25) is 15.1 Å². The van der Waals surface area contributed by atoms with E-state index in [1.165, 1.54) is 0 Å². The van der Waals surface area contributed by atoms with Gasteiger partial charge in [-0.25, -0.2) is 5.01 Å². The van der Waals surface area contributed by atoms with Gasteiger partial charge in [-0.15, -0.1) is 5.10 Å². The molecule has 0 saturated heterocycles. The molecule has 1 amide bonds. The highest BCUT2D eigenvalue weighted by Gasteiger charge is 2.34. The lowest BCUT2D eigenvalue weighted by Crippen LogP contribution is -2.50. The maximum Gasteiger partial charge on any atom is 0.276 e. The number of rotatable bonds is 7. The van der Waals surface area contributed by atoms with Gasteiger partial charge in [0.2, 0.25) is 0 Å². The van der Waals surface area contributed by atoms with Crippen LogP contribution in [0.15, 0.2) is 89.0 Å². The first-order chi connectivity index (χ1) is 16.7. The minimum Gasteiger partial charge on any atom is -0.457 e. The predicted octanol–water partition coefficient (Wildman–Crippen LogP) is 4.55. The monoisotopic (exact) mass is 470 g/mol. The number of benzene rings is 3. The number of hydrazone groups is 1. The standard InChI is InChI=1S/C27H26N4O2S/c1-2-3-9-17-34-27-29-26(32)24-22-15-7-8-16-23(22)28-25(31(24)30-27)19-11-10-14-21(18-19)33-20-12-5-4-6-13-20/h4-8,10-16,18,25H,2-3,9,17H2,1H3,(H,29,30,32)/t25-/m0/s1. The van der Waals surface area contributed by atoms with Gasteiger partial charge in [0.05, 0.1) is 5.36 Å². The minimum absolute atomic E-state index is 0.156. The van der Waals surface area contributed by atoms with E-state index in [-0.39, 0.29) is 5.91 Å². The van der Waals surface area contributed by atoms with Gasteiger partial charge >= 0.3 is 0 Å². The molecule has 0 aromatic heterocycles. The van der Waals surface area contributed by atoms with Crippen LogP contribution in [0.2, 0.25) is 0 Å². The van der Waals surface area contributed by atoms with Crippen LogP contribution in [0.4, 0.5) is 0 Å². The topological polar surface area (TPSA) is 66.3 Å². The Morgan fingerprint density at radius 1 is 0.971 bits per heavy atom. The number of thioether (sulfide) groups is 1. The summed E-state index contributed by atoms with van der Waals surface area (Å²) in [5.41, 5.74) is 1.41. The molecule has 6 nitrogen and oxygen atoms in total. The first-order valence-corrected chi connectivity index (χ1v) is 12.5. The molecular formula is C27H26N4O2S. The molecule has 0 fully saturated rings. The van der Waals surface area contributed by atoms with Gasteiger partial charge in [0.1, 0.15) is 17.2 Å². The first-order valence-electron chi connectivity index (χ1n) is 11.5. The van der Waals surface area contributed by atoms with Crippen molar-refractivity contribution in [2.75, 3.05) is 5.75 Å². The molecule has 2 aliphatic rings. The van der Waals surface area contributed by atoms with E-state index in [9.17, 15) is 4.79 Å². The Kier molecular flexibility index (Phi) is 6.62. The molecule has 0 saturated carbocycles. The lowest BCUT2D eigenvalue weighted by atomic mass is 10.1. The maximum absolute atomic E-state index is 13.2. The van der Waals surface area contributed by atoms with Crippen LogP contribution in [0.1, 0.15) is 37.9 Å². The van der Waals surface area contributed by atoms with Gasteiger partial charge in [-0.2, -0.15) is 0 Å². The van der Waals surface area contributed by atoms with E-state index in [1.807, 2.05) is 78.9 Å². The van der Waals surface area contributed by atoms with Crippen molar-refractivity contribution in [2.45, 2.75) is 32.4 Å². The molecule has 0 unspecified atom stereocenters. The van der Waals surface area contributed by atoms with E-state index in [2.05, 4.69) is 12.2 Å². The quantitative estimate of drug-likeness (QED) is 0.515. The van der Waals surface area contributed by atoms with Gasteiger partial charge in [-0.05, 0) is 36.8 Å². The summed E-state index contributed by atoms with van der Waals surface area (Å²) < 4.78 is 6.05. The van der Waals surface area contributed by atoms with E-state index in [1.54, 1.807) is 16.8 Å². The Labute approximate surface area is 203 Å². The number of carbonyl (C=O) groups excluding carboxylic acids is 1. The summed E-state index contributed by atoms with van der Waals surface area (Å²) in [5.74, 6) is 2.23. The van der Waals surface area contributed by atoms with Gasteiger partial charge in [0, 0.05) is 16.5 Å². The summed E-state index contributed by atoms with van der Waals surface area (Å²) in [6, 6.07) is 25.2. The van der Waals surface area contributed by atoms with Crippen LogP contribution < -0.4 is 20.6 Å². The zero-order valence-corrected chi connectivity index (χ0v) is 19.8. The van der Waals surface area contributed by atoms with Crippen LogP contribution in [0.25, 0.3) is 5.70 Å². The van der Waals surface area contributed by atoms with Gasteiger partial charge < -0.3 is 4.74 Å². The van der Waals surface area contributed by atoms with Crippen LogP contribution in [0, 0.1) is 0 Å². The molecule has 3 aromatic rings. The normalized spacial score (nSPS) is 16.7. The Morgan fingerprint density at radius 2 is 1.76 bits per heavy atom. The third-order valence-corrected chi connectivity index (χ3v) is 6.59. The Hall–Kier alpha value is -3.58. The Bertz CT molecular complexity index is 1340. The molecule has 0 aliphatic carbocycles. The van der Waals surface area contributed by atoms with Gasteiger partial charge in [-0.1, -0.05) is 80.1 Å². The molecule has 1 atom stereocenters. The summed E-state index contributed by atoms with van der Waals surface area (Å²) in [4.78, 5) is 18.2. The molecule has 0 spiro atoms. The van der Waals surface area contributed by atoms with Crippen LogP contribution in [0.3, 0.4) is 0 Å². The maximum atomic E-state index is 13.2. The number of amidine groups is 1. The minimum atomic E-state index is -0.471. The number of amides is 1. The summed E-state index contributed by atoms with van der Waals surface area (Å²) >= 11 is 1.58. The van der Waals surface area contributed by atoms with Crippen molar-refractivity contribution >= 4 is 28.5 Å². The van der Waals surface area contributed by atoms with E-state index in [0.29, 0.717) is 16.6 Å². The molecule has 172 valence electrons. The highest BCUT2D eigenvalue weighted by molar-refractivity contribution is 8.13. The fourth-order valence-electron chi connectivity index (χ4n) is 3.99. The van der Waals surface area contributed by atoms with Gasteiger partial charge in [0.25, 0.3) is 5.91 Å². The molecule has 1 N–H and O–H groups in total. The number of nitrogens with one attached hydrogen (secondary N) is 1. The molecule has 2 heterocycles. The third-order valence-electron chi connectivity index (χ3n) is 5.64. The van der Waals surface area contributed by atoms with Crippen molar-refractivity contribution in [1.29, 1.82) is 0 Å². The number of carbonyl (C=O) groups is 1. The van der Waals surface area contributed by atoms with E-state index >= 15 is 0 Å². The largest absolute Gasteiger partial charge is 0.457 e. The number of fused-ring (bicyclic) bond motifs is 2. The highest BCUT2D eigenvalue weighted by Crippen LogP contribution is 2.33. The lowest BCUT2D eigenvalue weighted by Gasteiger charge is -2.34. The summed E-state index contributed by atoms with van der Waals surface area (Å²) in [5, 5.41) is 11.7. The number of para-hydroxylation sites is 2. The van der Waals surface area contributed by atoms with Crippen molar-refractivity contribution in [3.05, 3.63) is 95.0 Å². The molecule has 2 aliphatic heterocycles. The first kappa shape index (κ1) is 22.2. The van der Waals surface area contributed by atoms with Crippen LogP contribution in [0.5, 0.6) is 11.5 Å². The van der Waals surface area contributed by atoms with Crippen LogP contribution in [-0.4, -0.2) is 21.8 Å². The molecule has 34 heavy (non-hydrogen) atoms. The summed E-state index contributed by atoms with van der Waals surface area (Å²) in [6.07, 6.45) is 2.93. The second-order valence-electron chi connectivity index (χ2n) is 8.12.